The van der Waals surface area contributed by atoms with Crippen molar-refractivity contribution >= 4 is 22.7 Å². The van der Waals surface area contributed by atoms with Crippen LogP contribution in [0.2, 0.25) is 0 Å². The number of H-pyrrole nitrogens is 2. The summed E-state index contributed by atoms with van der Waals surface area (Å²) in [5, 5.41) is 0. The molecule has 0 unspecified atom stereocenters. The van der Waals surface area contributed by atoms with Crippen LogP contribution in [0.15, 0.2) is 16.9 Å². The van der Waals surface area contributed by atoms with Crippen molar-refractivity contribution < 1.29 is 14.3 Å². The Morgan fingerprint density at radius 1 is 1.30 bits per heavy atom. The molecule has 3 rings (SSSR count). The van der Waals surface area contributed by atoms with Crippen LogP contribution in [0.1, 0.15) is 10.4 Å². The number of fused-ring (bicyclic) bond motifs is 1. The number of nitrogens with one attached hydrogen (secondary N) is 2. The predicted octanol–water partition coefficient (Wildman–Crippen LogP) is 0.479. The normalized spacial score (nSPS) is 15.6. The third-order valence-corrected chi connectivity index (χ3v) is 3.39. The maximum absolute atomic E-state index is 11.9. The number of nitrogens with zero attached hydrogens (tertiary/aromatic N) is 1. The van der Waals surface area contributed by atoms with Crippen molar-refractivity contribution in [3.63, 3.8) is 0 Å². The van der Waals surface area contributed by atoms with Crippen LogP contribution >= 0.6 is 0 Å². The van der Waals surface area contributed by atoms with Crippen LogP contribution in [-0.4, -0.2) is 49.4 Å². The van der Waals surface area contributed by atoms with Gasteiger partial charge in [-0.05, 0) is 12.1 Å². The molecule has 1 aliphatic rings. The fourth-order valence-corrected chi connectivity index (χ4v) is 2.40. The highest BCUT2D eigenvalue weighted by molar-refractivity contribution is 6.03. The largest absolute Gasteiger partial charge is 0.465 e. The highest BCUT2D eigenvalue weighted by atomic mass is 16.5. The second-order valence-electron chi connectivity index (χ2n) is 4.59. The number of anilines is 1. The number of morpholine rings is 1. The molecule has 0 atom stereocenters. The van der Waals surface area contributed by atoms with E-state index in [1.54, 1.807) is 6.07 Å². The molecule has 1 aromatic heterocycles. The fourth-order valence-electron chi connectivity index (χ4n) is 2.40. The van der Waals surface area contributed by atoms with Crippen molar-refractivity contribution in [3.8, 4) is 0 Å². The number of carbonyl (C=O) groups is 1. The fraction of sp³-hybridized carbons (Fsp3) is 0.385. The Morgan fingerprint density at radius 2 is 2.05 bits per heavy atom. The Hall–Kier alpha value is -2.28. The standard InChI is InChI=1S/C13H15N3O4/c1-19-12(17)9-6-8(16-2-4-20-5-3-16)7-10-11(9)15-13(18)14-10/h6-7H,2-5H2,1H3,(H2,14,15,18). The first-order valence-corrected chi connectivity index (χ1v) is 6.36. The molecule has 0 spiro atoms. The van der Waals surface area contributed by atoms with Gasteiger partial charge in [0.05, 0.1) is 36.9 Å². The number of esters is 1. The van der Waals surface area contributed by atoms with E-state index in [1.807, 2.05) is 6.07 Å². The van der Waals surface area contributed by atoms with Gasteiger partial charge < -0.3 is 24.3 Å². The summed E-state index contributed by atoms with van der Waals surface area (Å²) in [5.74, 6) is -0.472. The van der Waals surface area contributed by atoms with E-state index in [9.17, 15) is 9.59 Å². The number of methoxy groups -OCH3 is 1. The summed E-state index contributed by atoms with van der Waals surface area (Å²) in [5.41, 5.74) is 1.95. The average Bonchev–Trinajstić information content (AvgIpc) is 2.86. The quantitative estimate of drug-likeness (QED) is 0.780. The van der Waals surface area contributed by atoms with E-state index < -0.39 is 5.97 Å². The number of aromatic nitrogens is 2. The van der Waals surface area contributed by atoms with Gasteiger partial charge >= 0.3 is 11.7 Å². The molecule has 7 nitrogen and oxygen atoms in total. The minimum absolute atomic E-state index is 0.343. The first kappa shape index (κ1) is 12.7. The summed E-state index contributed by atoms with van der Waals surface area (Å²) in [7, 11) is 1.32. The number of benzene rings is 1. The molecule has 0 saturated carbocycles. The average molecular weight is 277 g/mol. The summed E-state index contributed by atoms with van der Waals surface area (Å²) in [6, 6.07) is 3.59. The molecule has 1 fully saturated rings. The van der Waals surface area contributed by atoms with Crippen LogP contribution in [0.25, 0.3) is 11.0 Å². The van der Waals surface area contributed by atoms with Gasteiger partial charge in [0.15, 0.2) is 0 Å². The SMILES string of the molecule is COC(=O)c1cc(N2CCOCC2)cc2[nH]c(=O)[nH]c12. The number of hydrogen-bond donors (Lipinski definition) is 2. The van der Waals surface area contributed by atoms with Crippen LogP contribution < -0.4 is 10.6 Å². The predicted molar refractivity (Wildman–Crippen MR) is 73.3 cm³/mol. The molecule has 0 aliphatic carbocycles. The van der Waals surface area contributed by atoms with Crippen molar-refractivity contribution in [1.29, 1.82) is 0 Å². The lowest BCUT2D eigenvalue weighted by Crippen LogP contribution is -2.36. The molecule has 2 N–H and O–H groups in total. The first-order valence-electron chi connectivity index (χ1n) is 6.36. The lowest BCUT2D eigenvalue weighted by atomic mass is 10.1. The van der Waals surface area contributed by atoms with Crippen LogP contribution in [0, 0.1) is 0 Å². The minimum atomic E-state index is -0.472. The van der Waals surface area contributed by atoms with E-state index in [1.165, 1.54) is 7.11 Å². The molecule has 0 bridgehead atoms. The van der Waals surface area contributed by atoms with E-state index in [0.29, 0.717) is 29.8 Å². The van der Waals surface area contributed by atoms with Crippen molar-refractivity contribution in [3.05, 3.63) is 28.2 Å². The van der Waals surface area contributed by atoms with Crippen LogP contribution in [-0.2, 0) is 9.47 Å². The van der Waals surface area contributed by atoms with Gasteiger partial charge in [0.25, 0.3) is 0 Å². The Balaban J connectivity index is 2.13. The monoisotopic (exact) mass is 277 g/mol. The molecule has 106 valence electrons. The summed E-state index contributed by atoms with van der Waals surface area (Å²) in [6.07, 6.45) is 0. The van der Waals surface area contributed by atoms with Crippen LogP contribution in [0.4, 0.5) is 5.69 Å². The Kier molecular flexibility index (Phi) is 3.19. The van der Waals surface area contributed by atoms with Gasteiger partial charge in [-0.2, -0.15) is 0 Å². The molecular weight excluding hydrogens is 262 g/mol. The van der Waals surface area contributed by atoms with Crippen molar-refractivity contribution in [1.82, 2.24) is 9.97 Å². The Morgan fingerprint density at radius 3 is 2.75 bits per heavy atom. The zero-order valence-electron chi connectivity index (χ0n) is 11.1. The van der Waals surface area contributed by atoms with Gasteiger partial charge in [-0.25, -0.2) is 9.59 Å². The van der Waals surface area contributed by atoms with Gasteiger partial charge in [-0.15, -0.1) is 0 Å². The smallest absolute Gasteiger partial charge is 0.340 e. The maximum Gasteiger partial charge on any atom is 0.340 e. The number of ether oxygens (including phenoxy) is 2. The molecule has 1 aliphatic heterocycles. The van der Waals surface area contributed by atoms with Gasteiger partial charge in [0.2, 0.25) is 0 Å². The van der Waals surface area contributed by atoms with E-state index in [0.717, 1.165) is 18.8 Å². The molecule has 0 amide bonds. The zero-order chi connectivity index (χ0) is 14.1. The second-order valence-corrected chi connectivity index (χ2v) is 4.59. The van der Waals surface area contributed by atoms with Crippen molar-refractivity contribution in [2.24, 2.45) is 0 Å². The van der Waals surface area contributed by atoms with Crippen LogP contribution in [0.3, 0.4) is 0 Å². The number of rotatable bonds is 2. The molecule has 7 heteroatoms. The lowest BCUT2D eigenvalue weighted by molar-refractivity contribution is 0.0603. The molecule has 0 radical (unpaired) electrons. The third-order valence-electron chi connectivity index (χ3n) is 3.39. The molecular formula is C13H15N3O4. The highest BCUT2D eigenvalue weighted by Crippen LogP contribution is 2.24. The molecule has 2 heterocycles. The van der Waals surface area contributed by atoms with Crippen molar-refractivity contribution in [2.75, 3.05) is 38.3 Å². The van der Waals surface area contributed by atoms with Gasteiger partial charge in [0.1, 0.15) is 0 Å². The van der Waals surface area contributed by atoms with Crippen molar-refractivity contribution in [2.45, 2.75) is 0 Å². The van der Waals surface area contributed by atoms with Crippen LogP contribution in [0.5, 0.6) is 0 Å². The molecule has 20 heavy (non-hydrogen) atoms. The van der Waals surface area contributed by atoms with E-state index in [2.05, 4.69) is 14.9 Å². The Labute approximate surface area is 114 Å². The lowest BCUT2D eigenvalue weighted by Gasteiger charge is -2.29. The van der Waals surface area contributed by atoms with Gasteiger partial charge in [-0.3, -0.25) is 0 Å². The number of carbonyl (C=O) groups excluding carboxylic acids is 1. The first-order chi connectivity index (χ1) is 9.69. The topological polar surface area (TPSA) is 87.4 Å². The number of imidazole rings is 1. The molecule has 2 aromatic rings. The summed E-state index contributed by atoms with van der Waals surface area (Å²) in [6.45, 7) is 2.80. The number of hydrogen-bond acceptors (Lipinski definition) is 5. The van der Waals surface area contributed by atoms with Gasteiger partial charge in [0, 0.05) is 18.8 Å². The summed E-state index contributed by atoms with van der Waals surface area (Å²) >= 11 is 0. The summed E-state index contributed by atoms with van der Waals surface area (Å²) in [4.78, 5) is 30.7. The molecule has 1 saturated heterocycles. The van der Waals surface area contributed by atoms with E-state index in [4.69, 9.17) is 9.47 Å². The minimum Gasteiger partial charge on any atom is -0.465 e. The summed E-state index contributed by atoms with van der Waals surface area (Å²) < 4.78 is 10.1. The third kappa shape index (κ3) is 2.16. The van der Waals surface area contributed by atoms with E-state index >= 15 is 0 Å². The maximum atomic E-state index is 11.9. The number of aromatic amines is 2. The zero-order valence-corrected chi connectivity index (χ0v) is 11.1. The highest BCUT2D eigenvalue weighted by Gasteiger charge is 2.18. The molecule has 1 aromatic carbocycles. The van der Waals surface area contributed by atoms with E-state index in [-0.39, 0.29) is 5.69 Å². The second kappa shape index (κ2) is 5.01. The Bertz CT molecular complexity index is 697. The van der Waals surface area contributed by atoms with Gasteiger partial charge in [-0.1, -0.05) is 0 Å².